The van der Waals surface area contributed by atoms with Gasteiger partial charge in [-0.2, -0.15) is 5.26 Å². The minimum absolute atomic E-state index is 0.233. The quantitative estimate of drug-likeness (QED) is 0.734. The molecule has 1 aromatic heterocycles. The van der Waals surface area contributed by atoms with Gasteiger partial charge in [0.15, 0.2) is 5.69 Å². The monoisotopic (exact) mass is 188 g/mol. The molecular weight excluding hydrogens is 176 g/mol. The van der Waals surface area contributed by atoms with Crippen molar-refractivity contribution in [1.29, 1.82) is 5.26 Å². The topological polar surface area (TPSA) is 61.6 Å². The minimum atomic E-state index is -0.233. The summed E-state index contributed by atoms with van der Waals surface area (Å²) in [5.41, 5.74) is 0.0787. The van der Waals surface area contributed by atoms with E-state index in [4.69, 9.17) is 5.26 Å². The fourth-order valence-electron chi connectivity index (χ4n) is 0.840. The summed E-state index contributed by atoms with van der Waals surface area (Å²) in [7, 11) is 0. The molecule has 1 heterocycles. The summed E-state index contributed by atoms with van der Waals surface area (Å²) in [5, 5.41) is 19.2. The summed E-state index contributed by atoms with van der Waals surface area (Å²) in [5.74, 6) is 0.633. The van der Waals surface area contributed by atoms with Crippen LogP contribution < -0.4 is 5.32 Å². The zero-order valence-electron chi connectivity index (χ0n) is 8.28. The molecule has 0 bridgehead atoms. The molecule has 4 nitrogen and oxygen atoms in total. The molecule has 1 aromatic rings. The summed E-state index contributed by atoms with van der Waals surface area (Å²) in [6.45, 7) is 7.64. The third-order valence-electron chi connectivity index (χ3n) is 1.74. The third-order valence-corrected chi connectivity index (χ3v) is 1.74. The van der Waals surface area contributed by atoms with Gasteiger partial charge in [0.1, 0.15) is 11.9 Å². The second kappa shape index (κ2) is 3.88. The molecule has 0 spiro atoms. The van der Waals surface area contributed by atoms with Crippen LogP contribution >= 0.6 is 0 Å². The lowest BCUT2D eigenvalue weighted by Crippen LogP contribution is -2.28. The van der Waals surface area contributed by atoms with E-state index in [1.165, 1.54) is 0 Å². The number of hydrogen-bond donors (Lipinski definition) is 1. The van der Waals surface area contributed by atoms with Crippen molar-refractivity contribution in [1.82, 2.24) is 10.2 Å². The molecule has 72 valence electrons. The van der Waals surface area contributed by atoms with E-state index in [2.05, 4.69) is 22.1 Å². The SMILES string of the molecule is C=CC(C)(C)Nc1ccc(C#N)nn1. The van der Waals surface area contributed by atoms with Crippen LogP contribution in [0.15, 0.2) is 24.8 Å². The Bertz CT molecular complexity index is 359. The minimum Gasteiger partial charge on any atom is -0.360 e. The lowest BCUT2D eigenvalue weighted by molar-refractivity contribution is 0.705. The van der Waals surface area contributed by atoms with E-state index in [1.807, 2.05) is 19.9 Å². The highest BCUT2D eigenvalue weighted by atomic mass is 15.2. The molecule has 4 heteroatoms. The van der Waals surface area contributed by atoms with Crippen molar-refractivity contribution in [3.8, 4) is 6.07 Å². The van der Waals surface area contributed by atoms with Crippen LogP contribution in [-0.4, -0.2) is 15.7 Å². The fraction of sp³-hybridized carbons (Fsp3) is 0.300. The molecule has 0 saturated carbocycles. The number of anilines is 1. The molecular formula is C10H12N4. The molecule has 0 fully saturated rings. The van der Waals surface area contributed by atoms with Crippen LogP contribution in [0.25, 0.3) is 0 Å². The summed E-state index contributed by atoms with van der Waals surface area (Å²) >= 11 is 0. The number of aromatic nitrogens is 2. The number of nitrogens with one attached hydrogen (secondary N) is 1. The highest BCUT2D eigenvalue weighted by molar-refractivity contribution is 5.39. The number of nitriles is 1. The van der Waals surface area contributed by atoms with Crippen LogP contribution in [0.1, 0.15) is 19.5 Å². The normalized spacial score (nSPS) is 10.4. The largest absolute Gasteiger partial charge is 0.360 e. The summed E-state index contributed by atoms with van der Waals surface area (Å²) in [6, 6.07) is 5.25. The van der Waals surface area contributed by atoms with E-state index < -0.39 is 0 Å². The molecule has 0 atom stereocenters. The molecule has 1 N–H and O–H groups in total. The van der Waals surface area contributed by atoms with Crippen molar-refractivity contribution in [2.24, 2.45) is 0 Å². The van der Waals surface area contributed by atoms with Crippen molar-refractivity contribution >= 4 is 5.82 Å². The van der Waals surface area contributed by atoms with Crippen molar-refractivity contribution in [2.75, 3.05) is 5.32 Å². The Hall–Kier alpha value is -1.89. The second-order valence-electron chi connectivity index (χ2n) is 3.47. The Morgan fingerprint density at radius 2 is 2.21 bits per heavy atom. The lowest BCUT2D eigenvalue weighted by Gasteiger charge is -2.21. The Labute approximate surface area is 83.3 Å². The van der Waals surface area contributed by atoms with E-state index in [0.29, 0.717) is 11.5 Å². The predicted molar refractivity (Wildman–Crippen MR) is 54.6 cm³/mol. The molecule has 0 aromatic carbocycles. The van der Waals surface area contributed by atoms with E-state index >= 15 is 0 Å². The molecule has 0 amide bonds. The van der Waals surface area contributed by atoms with Crippen LogP contribution in [0, 0.1) is 11.3 Å². The van der Waals surface area contributed by atoms with Gasteiger partial charge in [0.2, 0.25) is 0 Å². The fourth-order valence-corrected chi connectivity index (χ4v) is 0.840. The second-order valence-corrected chi connectivity index (χ2v) is 3.47. The lowest BCUT2D eigenvalue weighted by atomic mass is 10.1. The number of rotatable bonds is 3. The first kappa shape index (κ1) is 10.2. The van der Waals surface area contributed by atoms with Crippen LogP contribution in [0.2, 0.25) is 0 Å². The summed E-state index contributed by atoms with van der Waals surface area (Å²) in [4.78, 5) is 0. The first-order chi connectivity index (χ1) is 6.57. The molecule has 14 heavy (non-hydrogen) atoms. The highest BCUT2D eigenvalue weighted by Crippen LogP contribution is 2.12. The van der Waals surface area contributed by atoms with Gasteiger partial charge < -0.3 is 5.32 Å². The van der Waals surface area contributed by atoms with Crippen molar-refractivity contribution in [3.05, 3.63) is 30.5 Å². The zero-order valence-corrected chi connectivity index (χ0v) is 8.28. The van der Waals surface area contributed by atoms with E-state index in [9.17, 15) is 0 Å². The van der Waals surface area contributed by atoms with E-state index in [-0.39, 0.29) is 5.54 Å². The predicted octanol–water partition coefficient (Wildman–Crippen LogP) is 1.72. The molecule has 0 unspecified atom stereocenters. The van der Waals surface area contributed by atoms with E-state index in [0.717, 1.165) is 0 Å². The van der Waals surface area contributed by atoms with Gasteiger partial charge in [0.25, 0.3) is 0 Å². The first-order valence-electron chi connectivity index (χ1n) is 4.23. The van der Waals surface area contributed by atoms with Gasteiger partial charge in [-0.1, -0.05) is 6.08 Å². The van der Waals surface area contributed by atoms with Gasteiger partial charge in [0, 0.05) is 0 Å². The highest BCUT2D eigenvalue weighted by Gasteiger charge is 2.12. The van der Waals surface area contributed by atoms with Gasteiger partial charge in [-0.15, -0.1) is 16.8 Å². The van der Waals surface area contributed by atoms with Gasteiger partial charge in [-0.25, -0.2) is 0 Å². The Balaban J connectivity index is 2.80. The van der Waals surface area contributed by atoms with Crippen molar-refractivity contribution < 1.29 is 0 Å². The zero-order chi connectivity index (χ0) is 10.6. The molecule has 0 aliphatic rings. The van der Waals surface area contributed by atoms with Crippen LogP contribution in [0.3, 0.4) is 0 Å². The maximum absolute atomic E-state index is 8.52. The Kier molecular flexibility index (Phi) is 2.82. The Morgan fingerprint density at radius 1 is 1.50 bits per heavy atom. The third kappa shape index (κ3) is 2.56. The van der Waals surface area contributed by atoms with Gasteiger partial charge in [0.05, 0.1) is 5.54 Å². The Morgan fingerprint density at radius 3 is 2.64 bits per heavy atom. The molecule has 1 rings (SSSR count). The standard InChI is InChI=1S/C10H12N4/c1-4-10(2,3)12-9-6-5-8(7-11)13-14-9/h4-6H,1H2,2-3H3,(H,12,14). The average molecular weight is 188 g/mol. The average Bonchev–Trinajstić information content (AvgIpc) is 2.19. The molecule has 0 aliphatic carbocycles. The summed E-state index contributed by atoms with van der Waals surface area (Å²) in [6.07, 6.45) is 1.78. The smallest absolute Gasteiger partial charge is 0.163 e. The maximum Gasteiger partial charge on any atom is 0.163 e. The molecule has 0 radical (unpaired) electrons. The maximum atomic E-state index is 8.52. The number of hydrogen-bond acceptors (Lipinski definition) is 4. The van der Waals surface area contributed by atoms with Crippen LogP contribution in [0.5, 0.6) is 0 Å². The van der Waals surface area contributed by atoms with Gasteiger partial charge >= 0.3 is 0 Å². The molecule has 0 saturated heterocycles. The summed E-state index contributed by atoms with van der Waals surface area (Å²) < 4.78 is 0. The van der Waals surface area contributed by atoms with Gasteiger partial charge in [-0.3, -0.25) is 0 Å². The van der Waals surface area contributed by atoms with Crippen LogP contribution in [-0.2, 0) is 0 Å². The molecule has 0 aliphatic heterocycles. The van der Waals surface area contributed by atoms with Crippen molar-refractivity contribution in [2.45, 2.75) is 19.4 Å². The van der Waals surface area contributed by atoms with Gasteiger partial charge in [-0.05, 0) is 26.0 Å². The number of nitrogens with zero attached hydrogens (tertiary/aromatic N) is 3. The van der Waals surface area contributed by atoms with Crippen molar-refractivity contribution in [3.63, 3.8) is 0 Å². The first-order valence-corrected chi connectivity index (χ1v) is 4.23. The van der Waals surface area contributed by atoms with Crippen LogP contribution in [0.4, 0.5) is 5.82 Å². The van der Waals surface area contributed by atoms with E-state index in [1.54, 1.807) is 18.2 Å².